The number of ether oxygens (including phenoxy) is 2. The third-order valence-corrected chi connectivity index (χ3v) is 5.92. The molecule has 3 unspecified atom stereocenters. The molecule has 1 saturated heterocycles. The van der Waals surface area contributed by atoms with Crippen LogP contribution in [0.15, 0.2) is 0 Å². The summed E-state index contributed by atoms with van der Waals surface area (Å²) in [6.07, 6.45) is 1.20. The minimum absolute atomic E-state index is 0.0505. The first-order valence-electron chi connectivity index (χ1n) is 6.79. The van der Waals surface area contributed by atoms with Crippen molar-refractivity contribution in [1.82, 2.24) is 0 Å². The zero-order valence-corrected chi connectivity index (χ0v) is 11.4. The molecule has 0 radical (unpaired) electrons. The number of nitro groups is 1. The van der Waals surface area contributed by atoms with Crippen molar-refractivity contribution in [3.05, 3.63) is 10.1 Å². The highest BCUT2D eigenvalue weighted by Crippen LogP contribution is 2.95. The molecule has 18 heavy (non-hydrogen) atoms. The van der Waals surface area contributed by atoms with Gasteiger partial charge in [-0.3, -0.25) is 10.1 Å². The number of hydrogen-bond acceptors (Lipinski definition) is 4. The van der Waals surface area contributed by atoms with Gasteiger partial charge >= 0.3 is 0 Å². The fourth-order valence-electron chi connectivity index (χ4n) is 5.40. The molecule has 102 valence electrons. The highest BCUT2D eigenvalue weighted by molar-refractivity contribution is 5.40. The molecule has 3 rings (SSSR count). The van der Waals surface area contributed by atoms with Crippen molar-refractivity contribution in [2.45, 2.75) is 52.0 Å². The summed E-state index contributed by atoms with van der Waals surface area (Å²) in [6, 6.07) is -0.695. The van der Waals surface area contributed by atoms with Gasteiger partial charge in [-0.15, -0.1) is 0 Å². The Morgan fingerprint density at radius 3 is 2.56 bits per heavy atom. The summed E-state index contributed by atoms with van der Waals surface area (Å²) in [5, 5.41) is 11.5. The summed E-state index contributed by atoms with van der Waals surface area (Å²) < 4.78 is 10.9. The van der Waals surface area contributed by atoms with Gasteiger partial charge in [-0.05, 0) is 37.0 Å². The van der Waals surface area contributed by atoms with Crippen molar-refractivity contribution in [3.63, 3.8) is 0 Å². The van der Waals surface area contributed by atoms with Crippen LogP contribution in [0.2, 0.25) is 0 Å². The minimum Gasteiger partial charge on any atom is -0.350 e. The number of fused-ring (bicyclic) bond motifs is 3. The molecule has 0 amide bonds. The predicted octanol–water partition coefficient (Wildman–Crippen LogP) is 2.08. The number of hydrogen-bond donors (Lipinski definition) is 0. The van der Waals surface area contributed by atoms with Crippen LogP contribution in [0, 0.1) is 32.8 Å². The van der Waals surface area contributed by atoms with Gasteiger partial charge in [-0.2, -0.15) is 0 Å². The van der Waals surface area contributed by atoms with E-state index in [0.29, 0.717) is 11.8 Å². The summed E-state index contributed by atoms with van der Waals surface area (Å²) in [5.74, 6) is 1.14. The fraction of sp³-hybridized carbons (Fsp3) is 1.00. The summed E-state index contributed by atoms with van der Waals surface area (Å²) in [4.78, 5) is 11.3. The van der Waals surface area contributed by atoms with E-state index in [0.717, 1.165) is 12.8 Å². The van der Waals surface area contributed by atoms with Crippen LogP contribution in [-0.2, 0) is 9.47 Å². The van der Waals surface area contributed by atoms with Gasteiger partial charge in [0.15, 0.2) is 0 Å². The molecule has 0 bridgehead atoms. The van der Waals surface area contributed by atoms with Gasteiger partial charge in [0.1, 0.15) is 0 Å². The molecule has 2 saturated carbocycles. The lowest BCUT2D eigenvalue weighted by Crippen LogP contribution is -2.55. The molecule has 7 atom stereocenters. The maximum atomic E-state index is 11.5. The third kappa shape index (κ3) is 1.06. The summed E-state index contributed by atoms with van der Waals surface area (Å²) in [6.45, 7) is 6.37. The predicted molar refractivity (Wildman–Crippen MR) is 64.6 cm³/mol. The van der Waals surface area contributed by atoms with Crippen molar-refractivity contribution in [1.29, 1.82) is 0 Å². The van der Waals surface area contributed by atoms with Gasteiger partial charge in [0.2, 0.25) is 6.29 Å². The van der Waals surface area contributed by atoms with Crippen molar-refractivity contribution in [3.8, 4) is 0 Å². The summed E-state index contributed by atoms with van der Waals surface area (Å²) in [5.41, 5.74) is 0.0303. The van der Waals surface area contributed by atoms with Crippen molar-refractivity contribution in [2.24, 2.45) is 22.7 Å². The average molecular weight is 255 g/mol. The highest BCUT2D eigenvalue weighted by atomic mass is 16.7. The third-order valence-electron chi connectivity index (χ3n) is 5.92. The molecule has 1 spiro atoms. The lowest BCUT2D eigenvalue weighted by Gasteiger charge is -2.42. The Morgan fingerprint density at radius 2 is 2.17 bits per heavy atom. The molecule has 5 nitrogen and oxygen atoms in total. The Bertz CT molecular complexity index is 400. The molecule has 5 heteroatoms. The highest BCUT2D eigenvalue weighted by Gasteiger charge is 2.97. The van der Waals surface area contributed by atoms with Gasteiger partial charge in [0, 0.05) is 12.0 Å². The van der Waals surface area contributed by atoms with Crippen molar-refractivity contribution in [2.75, 3.05) is 7.11 Å². The SMILES string of the molecule is CC[C@@]12C(C)C1C21C[C@@H](C)O[C@@H](OC)[C@@H]1[N+](=O)[O-]. The molecule has 0 aromatic carbocycles. The van der Waals surface area contributed by atoms with Gasteiger partial charge in [-0.25, -0.2) is 0 Å². The second-order valence-corrected chi connectivity index (χ2v) is 6.19. The Kier molecular flexibility index (Phi) is 2.37. The van der Waals surface area contributed by atoms with Crippen LogP contribution in [0.5, 0.6) is 0 Å². The van der Waals surface area contributed by atoms with Gasteiger partial charge in [0.25, 0.3) is 6.04 Å². The lowest BCUT2D eigenvalue weighted by atomic mass is 9.70. The largest absolute Gasteiger partial charge is 0.350 e. The molecule has 1 aliphatic heterocycles. The van der Waals surface area contributed by atoms with E-state index in [1.54, 1.807) is 0 Å². The quantitative estimate of drug-likeness (QED) is 0.572. The Balaban J connectivity index is 1.95. The van der Waals surface area contributed by atoms with Crippen molar-refractivity contribution >= 4 is 0 Å². The summed E-state index contributed by atoms with van der Waals surface area (Å²) in [7, 11) is 1.50. The van der Waals surface area contributed by atoms with Crippen LogP contribution in [-0.4, -0.2) is 30.5 Å². The maximum Gasteiger partial charge on any atom is 0.269 e. The normalized spacial score (nSPS) is 57.2. The zero-order valence-electron chi connectivity index (χ0n) is 11.4. The van der Waals surface area contributed by atoms with Gasteiger partial charge < -0.3 is 9.47 Å². The lowest BCUT2D eigenvalue weighted by molar-refractivity contribution is -0.576. The molecule has 1 heterocycles. The first-order valence-corrected chi connectivity index (χ1v) is 6.79. The molecular formula is C13H21NO4. The molecule has 3 aliphatic rings. The zero-order chi connectivity index (χ0) is 13.3. The minimum atomic E-state index is -0.695. The van der Waals surface area contributed by atoms with E-state index in [1.807, 2.05) is 6.92 Å². The van der Waals surface area contributed by atoms with E-state index in [2.05, 4.69) is 13.8 Å². The van der Waals surface area contributed by atoms with Crippen LogP contribution in [0.1, 0.15) is 33.6 Å². The average Bonchev–Trinajstić information content (AvgIpc) is 3.13. The van der Waals surface area contributed by atoms with Crippen LogP contribution >= 0.6 is 0 Å². The topological polar surface area (TPSA) is 61.6 Å². The second kappa shape index (κ2) is 3.45. The number of methoxy groups -OCH3 is 1. The molecule has 0 N–H and O–H groups in total. The molecular weight excluding hydrogens is 234 g/mol. The monoisotopic (exact) mass is 255 g/mol. The van der Waals surface area contributed by atoms with Gasteiger partial charge in [0.05, 0.1) is 11.5 Å². The first kappa shape index (κ1) is 12.4. The van der Waals surface area contributed by atoms with Crippen LogP contribution < -0.4 is 0 Å². The molecule has 0 aromatic rings. The van der Waals surface area contributed by atoms with E-state index < -0.39 is 12.3 Å². The van der Waals surface area contributed by atoms with Crippen LogP contribution in [0.4, 0.5) is 0 Å². The standard InChI is InChI=1S/C13H21NO4/c1-5-12-8(3)9(12)13(12)6-7(2)18-11(17-4)10(13)14(15)16/h7-11H,5-6H2,1-4H3/t7-,8?,9?,10+,11-,12-,13?/m1/s1. The first-order chi connectivity index (χ1) is 8.47. The van der Waals surface area contributed by atoms with Crippen LogP contribution in [0.25, 0.3) is 0 Å². The number of rotatable bonds is 3. The van der Waals surface area contributed by atoms with E-state index in [4.69, 9.17) is 9.47 Å². The molecule has 0 aromatic heterocycles. The fourth-order valence-corrected chi connectivity index (χ4v) is 5.40. The van der Waals surface area contributed by atoms with Crippen molar-refractivity contribution < 1.29 is 14.4 Å². The Hall–Kier alpha value is -0.680. The van der Waals surface area contributed by atoms with Gasteiger partial charge in [-0.1, -0.05) is 13.8 Å². The van der Waals surface area contributed by atoms with E-state index in [1.165, 1.54) is 7.11 Å². The smallest absolute Gasteiger partial charge is 0.269 e. The van der Waals surface area contributed by atoms with E-state index in [9.17, 15) is 10.1 Å². The molecule has 3 fully saturated rings. The van der Waals surface area contributed by atoms with E-state index in [-0.39, 0.29) is 21.9 Å². The maximum absolute atomic E-state index is 11.5. The molecule has 2 aliphatic carbocycles. The second-order valence-electron chi connectivity index (χ2n) is 6.19. The summed E-state index contributed by atoms with van der Waals surface area (Å²) >= 11 is 0. The van der Waals surface area contributed by atoms with Crippen LogP contribution in [0.3, 0.4) is 0 Å². The van der Waals surface area contributed by atoms with E-state index >= 15 is 0 Å². The Labute approximate surface area is 107 Å². The Morgan fingerprint density at radius 1 is 1.50 bits per heavy atom. The number of nitrogens with zero attached hydrogens (tertiary/aromatic N) is 1.